The lowest BCUT2D eigenvalue weighted by Gasteiger charge is -2.14. The summed E-state index contributed by atoms with van der Waals surface area (Å²) in [5.41, 5.74) is 2.61. The lowest BCUT2D eigenvalue weighted by atomic mass is 9.91. The maximum absolute atomic E-state index is 13.3. The standard InChI is InChI=1S/C17H16BrFO2/c1-11-5-6-16(19)10-13(11)9-14(17(20)21)7-12-3-2-4-15(18)8-12/h2-6,8,10,14H,7,9H2,1H3,(H,20,21). The number of hydrogen-bond donors (Lipinski definition) is 1. The number of aliphatic carboxylic acids is 1. The zero-order valence-electron chi connectivity index (χ0n) is 11.6. The normalized spacial score (nSPS) is 12.1. The molecule has 0 fully saturated rings. The number of carboxylic acid groups (broad SMARTS) is 1. The highest BCUT2D eigenvalue weighted by Crippen LogP contribution is 2.20. The summed E-state index contributed by atoms with van der Waals surface area (Å²) >= 11 is 3.38. The number of carbonyl (C=O) groups is 1. The van der Waals surface area contributed by atoms with Gasteiger partial charge in [-0.05, 0) is 60.7 Å². The number of rotatable bonds is 5. The summed E-state index contributed by atoms with van der Waals surface area (Å²) in [5.74, 6) is -1.76. The second kappa shape index (κ2) is 6.85. The van der Waals surface area contributed by atoms with Gasteiger partial charge in [-0.1, -0.05) is 34.1 Å². The molecule has 0 aliphatic carbocycles. The Hall–Kier alpha value is -1.68. The molecule has 0 saturated heterocycles. The average Bonchev–Trinajstić information content (AvgIpc) is 2.42. The fourth-order valence-corrected chi connectivity index (χ4v) is 2.77. The van der Waals surface area contributed by atoms with Crippen LogP contribution in [0.5, 0.6) is 0 Å². The van der Waals surface area contributed by atoms with Crippen LogP contribution in [-0.4, -0.2) is 11.1 Å². The van der Waals surface area contributed by atoms with Crippen LogP contribution < -0.4 is 0 Å². The summed E-state index contributed by atoms with van der Waals surface area (Å²) in [4.78, 5) is 11.5. The van der Waals surface area contributed by atoms with Crippen molar-refractivity contribution >= 4 is 21.9 Å². The Kier molecular flexibility index (Phi) is 5.12. The van der Waals surface area contributed by atoms with Crippen LogP contribution in [0.15, 0.2) is 46.9 Å². The monoisotopic (exact) mass is 350 g/mol. The summed E-state index contributed by atoms with van der Waals surface area (Å²) in [5, 5.41) is 9.42. The van der Waals surface area contributed by atoms with E-state index < -0.39 is 11.9 Å². The van der Waals surface area contributed by atoms with E-state index in [-0.39, 0.29) is 5.82 Å². The van der Waals surface area contributed by atoms with E-state index in [1.807, 2.05) is 31.2 Å². The maximum atomic E-state index is 13.3. The Morgan fingerprint density at radius 1 is 1.24 bits per heavy atom. The zero-order chi connectivity index (χ0) is 15.4. The molecule has 1 N–H and O–H groups in total. The molecule has 1 unspecified atom stereocenters. The summed E-state index contributed by atoms with van der Waals surface area (Å²) in [6.07, 6.45) is 0.746. The molecule has 0 saturated carbocycles. The fourth-order valence-electron chi connectivity index (χ4n) is 2.32. The Morgan fingerprint density at radius 3 is 2.67 bits per heavy atom. The fraction of sp³-hybridized carbons (Fsp3) is 0.235. The van der Waals surface area contributed by atoms with Crippen molar-refractivity contribution in [3.05, 3.63) is 69.4 Å². The van der Waals surface area contributed by atoms with Gasteiger partial charge in [0, 0.05) is 4.47 Å². The summed E-state index contributed by atoms with van der Waals surface area (Å²) < 4.78 is 14.2. The summed E-state index contributed by atoms with van der Waals surface area (Å²) in [7, 11) is 0. The van der Waals surface area contributed by atoms with Crippen LogP contribution in [-0.2, 0) is 17.6 Å². The molecule has 0 radical (unpaired) electrons. The summed E-state index contributed by atoms with van der Waals surface area (Å²) in [6.45, 7) is 1.87. The highest BCUT2D eigenvalue weighted by Gasteiger charge is 2.20. The van der Waals surface area contributed by atoms with Crippen LogP contribution in [0.1, 0.15) is 16.7 Å². The number of benzene rings is 2. The number of aryl methyl sites for hydroxylation is 1. The van der Waals surface area contributed by atoms with E-state index in [9.17, 15) is 14.3 Å². The van der Waals surface area contributed by atoms with Crippen molar-refractivity contribution in [2.45, 2.75) is 19.8 Å². The van der Waals surface area contributed by atoms with Crippen molar-refractivity contribution < 1.29 is 14.3 Å². The molecule has 110 valence electrons. The second-order valence-corrected chi connectivity index (χ2v) is 6.06. The third-order valence-electron chi connectivity index (χ3n) is 3.50. The first-order valence-corrected chi connectivity index (χ1v) is 7.47. The average molecular weight is 351 g/mol. The molecule has 0 aliphatic heterocycles. The predicted molar refractivity (Wildman–Crippen MR) is 83.8 cm³/mol. The minimum Gasteiger partial charge on any atom is -0.481 e. The van der Waals surface area contributed by atoms with Gasteiger partial charge in [0.25, 0.3) is 0 Å². The predicted octanol–water partition coefficient (Wildman–Crippen LogP) is 4.38. The molecule has 0 bridgehead atoms. The number of hydrogen-bond acceptors (Lipinski definition) is 1. The molecule has 1 atom stereocenters. The van der Waals surface area contributed by atoms with Crippen LogP contribution in [0, 0.1) is 18.7 Å². The summed E-state index contributed by atoms with van der Waals surface area (Å²) in [6, 6.07) is 12.1. The van der Waals surface area contributed by atoms with Crippen molar-refractivity contribution in [1.29, 1.82) is 0 Å². The SMILES string of the molecule is Cc1ccc(F)cc1CC(Cc1cccc(Br)c1)C(=O)O. The molecule has 21 heavy (non-hydrogen) atoms. The Morgan fingerprint density at radius 2 is 2.00 bits per heavy atom. The first kappa shape index (κ1) is 15.7. The molecule has 2 aromatic carbocycles. The van der Waals surface area contributed by atoms with Gasteiger partial charge in [-0.25, -0.2) is 4.39 Å². The van der Waals surface area contributed by atoms with E-state index in [1.54, 1.807) is 6.07 Å². The molecule has 4 heteroatoms. The van der Waals surface area contributed by atoms with Gasteiger partial charge in [-0.2, -0.15) is 0 Å². The van der Waals surface area contributed by atoms with E-state index in [0.29, 0.717) is 12.8 Å². The first-order chi connectivity index (χ1) is 9.95. The Bertz CT molecular complexity index is 655. The van der Waals surface area contributed by atoms with Crippen LogP contribution in [0.4, 0.5) is 4.39 Å². The van der Waals surface area contributed by atoms with Crippen molar-refractivity contribution in [3.8, 4) is 0 Å². The van der Waals surface area contributed by atoms with Gasteiger partial charge in [-0.15, -0.1) is 0 Å². The zero-order valence-corrected chi connectivity index (χ0v) is 13.2. The molecular weight excluding hydrogens is 335 g/mol. The van der Waals surface area contributed by atoms with E-state index in [1.165, 1.54) is 12.1 Å². The van der Waals surface area contributed by atoms with Gasteiger partial charge in [0.05, 0.1) is 5.92 Å². The van der Waals surface area contributed by atoms with Crippen molar-refractivity contribution in [2.75, 3.05) is 0 Å². The molecule has 2 nitrogen and oxygen atoms in total. The minimum atomic E-state index is -0.862. The molecular formula is C17H16BrFO2. The quantitative estimate of drug-likeness (QED) is 0.868. The van der Waals surface area contributed by atoms with Crippen molar-refractivity contribution in [3.63, 3.8) is 0 Å². The van der Waals surface area contributed by atoms with Gasteiger partial charge in [0.2, 0.25) is 0 Å². The molecule has 0 heterocycles. The highest BCUT2D eigenvalue weighted by molar-refractivity contribution is 9.10. The molecule has 0 amide bonds. The molecule has 2 aromatic rings. The lowest BCUT2D eigenvalue weighted by Crippen LogP contribution is -2.19. The van der Waals surface area contributed by atoms with E-state index >= 15 is 0 Å². The Labute approximate surface area is 131 Å². The first-order valence-electron chi connectivity index (χ1n) is 6.68. The second-order valence-electron chi connectivity index (χ2n) is 5.14. The van der Waals surface area contributed by atoms with Crippen LogP contribution in [0.2, 0.25) is 0 Å². The van der Waals surface area contributed by atoms with Gasteiger partial charge in [-0.3, -0.25) is 4.79 Å². The number of carboxylic acids is 1. The largest absolute Gasteiger partial charge is 0.481 e. The number of halogens is 2. The topological polar surface area (TPSA) is 37.3 Å². The van der Waals surface area contributed by atoms with E-state index in [4.69, 9.17) is 0 Å². The van der Waals surface area contributed by atoms with Gasteiger partial charge < -0.3 is 5.11 Å². The molecule has 0 spiro atoms. The molecule has 0 aromatic heterocycles. The van der Waals surface area contributed by atoms with E-state index in [0.717, 1.165) is 21.2 Å². The van der Waals surface area contributed by atoms with Gasteiger partial charge in [0.15, 0.2) is 0 Å². The van der Waals surface area contributed by atoms with Gasteiger partial charge >= 0.3 is 5.97 Å². The van der Waals surface area contributed by atoms with Crippen molar-refractivity contribution in [1.82, 2.24) is 0 Å². The third kappa shape index (κ3) is 4.39. The molecule has 2 rings (SSSR count). The van der Waals surface area contributed by atoms with Crippen LogP contribution >= 0.6 is 15.9 Å². The van der Waals surface area contributed by atoms with E-state index in [2.05, 4.69) is 15.9 Å². The van der Waals surface area contributed by atoms with Crippen LogP contribution in [0.25, 0.3) is 0 Å². The third-order valence-corrected chi connectivity index (χ3v) is 3.99. The lowest BCUT2D eigenvalue weighted by molar-refractivity contribution is -0.141. The Balaban J connectivity index is 2.20. The molecule has 0 aliphatic rings. The van der Waals surface area contributed by atoms with Crippen molar-refractivity contribution in [2.24, 2.45) is 5.92 Å². The highest BCUT2D eigenvalue weighted by atomic mass is 79.9. The van der Waals surface area contributed by atoms with Crippen LogP contribution in [0.3, 0.4) is 0 Å². The minimum absolute atomic E-state index is 0.325. The smallest absolute Gasteiger partial charge is 0.307 e. The maximum Gasteiger partial charge on any atom is 0.307 e. The van der Waals surface area contributed by atoms with Gasteiger partial charge in [0.1, 0.15) is 5.82 Å².